The average Bonchev–Trinajstić information content (AvgIpc) is 2.22. The fourth-order valence-electron chi connectivity index (χ4n) is 0.969. The van der Waals surface area contributed by atoms with Crippen molar-refractivity contribution in [1.29, 1.82) is 5.41 Å². The molecule has 0 radical (unpaired) electrons. The number of benzene rings is 1. The highest BCUT2D eigenvalue weighted by Crippen LogP contribution is 2.11. The van der Waals surface area contributed by atoms with Gasteiger partial charge in [0.1, 0.15) is 0 Å². The lowest BCUT2D eigenvalue weighted by molar-refractivity contribution is 1.14. The van der Waals surface area contributed by atoms with Crippen molar-refractivity contribution in [3.63, 3.8) is 0 Å². The molecule has 0 bridgehead atoms. The van der Waals surface area contributed by atoms with E-state index in [-0.39, 0.29) is 0 Å². The van der Waals surface area contributed by atoms with Gasteiger partial charge in [-0.2, -0.15) is 0 Å². The van der Waals surface area contributed by atoms with E-state index in [4.69, 9.17) is 11.1 Å². The number of hydrogen-bond donors (Lipinski definition) is 2. The molecule has 0 saturated carbocycles. The Morgan fingerprint density at radius 2 is 2.00 bits per heavy atom. The van der Waals surface area contributed by atoms with Gasteiger partial charge in [-0.25, -0.2) is 0 Å². The molecule has 2 heteroatoms. The predicted octanol–water partition coefficient (Wildman–Crippen LogP) is 2.86. The predicted molar refractivity (Wildman–Crippen MR) is 59.5 cm³/mol. The summed E-state index contributed by atoms with van der Waals surface area (Å²) < 4.78 is 0. The summed E-state index contributed by atoms with van der Waals surface area (Å²) in [4.78, 5) is 0. The van der Waals surface area contributed by atoms with Gasteiger partial charge < -0.3 is 11.1 Å². The van der Waals surface area contributed by atoms with Crippen LogP contribution in [0.3, 0.4) is 0 Å². The van der Waals surface area contributed by atoms with Crippen LogP contribution in [-0.4, -0.2) is 6.21 Å². The summed E-state index contributed by atoms with van der Waals surface area (Å²) >= 11 is 0. The van der Waals surface area contributed by atoms with E-state index < -0.39 is 0 Å². The van der Waals surface area contributed by atoms with Gasteiger partial charge in [-0.05, 0) is 24.1 Å². The molecule has 0 spiro atoms. The van der Waals surface area contributed by atoms with Crippen molar-refractivity contribution in [2.45, 2.75) is 27.2 Å². The van der Waals surface area contributed by atoms with Crippen LogP contribution in [0.25, 0.3) is 0 Å². The lowest BCUT2D eigenvalue weighted by Crippen LogP contribution is -1.93. The van der Waals surface area contributed by atoms with Crippen LogP contribution in [0, 0.1) is 5.41 Å². The van der Waals surface area contributed by atoms with Crippen molar-refractivity contribution in [3.05, 3.63) is 29.3 Å². The molecule has 0 aromatic heterocycles. The SMILES string of the molecule is CC.CCc1ccc(N)c(C=N)c1. The molecule has 2 nitrogen and oxygen atoms in total. The molecule has 0 saturated heterocycles. The zero-order chi connectivity index (χ0) is 10.3. The first-order valence-corrected chi connectivity index (χ1v) is 4.66. The first-order chi connectivity index (χ1) is 6.27. The van der Waals surface area contributed by atoms with Gasteiger partial charge in [0.2, 0.25) is 0 Å². The summed E-state index contributed by atoms with van der Waals surface area (Å²) in [6, 6.07) is 5.78. The van der Waals surface area contributed by atoms with Gasteiger partial charge in [-0.3, -0.25) is 0 Å². The molecule has 0 aliphatic heterocycles. The monoisotopic (exact) mass is 178 g/mol. The first-order valence-electron chi connectivity index (χ1n) is 4.66. The van der Waals surface area contributed by atoms with Gasteiger partial charge in [-0.1, -0.05) is 26.8 Å². The van der Waals surface area contributed by atoms with Crippen molar-refractivity contribution in [1.82, 2.24) is 0 Å². The number of nitrogens with one attached hydrogen (secondary N) is 1. The summed E-state index contributed by atoms with van der Waals surface area (Å²) in [5, 5.41) is 7.05. The third-order valence-electron chi connectivity index (χ3n) is 1.71. The molecule has 0 atom stereocenters. The molecule has 0 fully saturated rings. The first kappa shape index (κ1) is 11.7. The number of nitrogen functional groups attached to an aromatic ring is 1. The molecular formula is C11H18N2. The van der Waals surface area contributed by atoms with Crippen LogP contribution in [0.15, 0.2) is 18.2 Å². The average molecular weight is 178 g/mol. The van der Waals surface area contributed by atoms with Crippen molar-refractivity contribution in [2.24, 2.45) is 0 Å². The molecule has 72 valence electrons. The molecule has 13 heavy (non-hydrogen) atoms. The number of nitrogens with two attached hydrogens (primary N) is 1. The lowest BCUT2D eigenvalue weighted by Gasteiger charge is -2.01. The number of hydrogen-bond acceptors (Lipinski definition) is 2. The van der Waals surface area contributed by atoms with Gasteiger partial charge in [0.15, 0.2) is 0 Å². The van der Waals surface area contributed by atoms with Crippen LogP contribution < -0.4 is 5.73 Å². The standard InChI is InChI=1S/C9H12N2.C2H6/c1-2-7-3-4-9(11)8(5-7)6-10;1-2/h3-6,10H,2,11H2,1H3;1-2H3. The molecule has 0 aliphatic carbocycles. The lowest BCUT2D eigenvalue weighted by atomic mass is 10.1. The van der Waals surface area contributed by atoms with Crippen LogP contribution in [0.4, 0.5) is 5.69 Å². The minimum atomic E-state index is 0.678. The van der Waals surface area contributed by atoms with Gasteiger partial charge >= 0.3 is 0 Å². The molecule has 0 heterocycles. The number of aryl methyl sites for hydroxylation is 1. The zero-order valence-corrected chi connectivity index (χ0v) is 8.59. The van der Waals surface area contributed by atoms with Gasteiger partial charge in [0.05, 0.1) is 0 Å². The zero-order valence-electron chi connectivity index (χ0n) is 8.59. The molecule has 1 rings (SSSR count). The third-order valence-corrected chi connectivity index (χ3v) is 1.71. The van der Waals surface area contributed by atoms with Crippen LogP contribution >= 0.6 is 0 Å². The summed E-state index contributed by atoms with van der Waals surface area (Å²) in [7, 11) is 0. The Hall–Kier alpha value is -1.31. The smallest absolute Gasteiger partial charge is 0.0403 e. The van der Waals surface area contributed by atoms with Crippen molar-refractivity contribution in [3.8, 4) is 0 Å². The molecule has 0 amide bonds. The van der Waals surface area contributed by atoms with Crippen LogP contribution in [0.2, 0.25) is 0 Å². The molecule has 1 aromatic rings. The van der Waals surface area contributed by atoms with Crippen molar-refractivity contribution in [2.75, 3.05) is 5.73 Å². The second-order valence-electron chi connectivity index (χ2n) is 2.46. The second-order valence-corrected chi connectivity index (χ2v) is 2.46. The van der Waals surface area contributed by atoms with Crippen molar-refractivity contribution < 1.29 is 0 Å². The minimum absolute atomic E-state index is 0.678. The summed E-state index contributed by atoms with van der Waals surface area (Å²) in [5.74, 6) is 0. The Kier molecular flexibility index (Phi) is 5.60. The van der Waals surface area contributed by atoms with E-state index in [1.54, 1.807) is 0 Å². The van der Waals surface area contributed by atoms with Gasteiger partial charge in [0.25, 0.3) is 0 Å². The maximum absolute atomic E-state index is 7.05. The summed E-state index contributed by atoms with van der Waals surface area (Å²) in [6.45, 7) is 6.08. The molecule has 3 N–H and O–H groups in total. The minimum Gasteiger partial charge on any atom is -0.398 e. The highest BCUT2D eigenvalue weighted by atomic mass is 14.6. The van der Waals surface area contributed by atoms with E-state index in [1.807, 2.05) is 32.0 Å². The summed E-state index contributed by atoms with van der Waals surface area (Å²) in [5.41, 5.74) is 8.31. The van der Waals surface area contributed by atoms with E-state index in [2.05, 4.69) is 6.92 Å². The van der Waals surface area contributed by atoms with E-state index in [0.29, 0.717) is 5.69 Å². The van der Waals surface area contributed by atoms with E-state index in [1.165, 1.54) is 11.8 Å². The van der Waals surface area contributed by atoms with Crippen LogP contribution in [0.5, 0.6) is 0 Å². The van der Waals surface area contributed by atoms with E-state index in [0.717, 1.165) is 12.0 Å². The third kappa shape index (κ3) is 3.28. The maximum Gasteiger partial charge on any atom is 0.0403 e. The van der Waals surface area contributed by atoms with E-state index in [9.17, 15) is 0 Å². The van der Waals surface area contributed by atoms with E-state index >= 15 is 0 Å². The van der Waals surface area contributed by atoms with Crippen molar-refractivity contribution >= 4 is 11.9 Å². The normalized spacial score (nSPS) is 8.54. The molecule has 0 aliphatic rings. The fraction of sp³-hybridized carbons (Fsp3) is 0.364. The summed E-state index contributed by atoms with van der Waals surface area (Å²) in [6.07, 6.45) is 2.27. The molecule has 0 unspecified atom stereocenters. The maximum atomic E-state index is 7.05. The Bertz CT molecular complexity index is 267. The number of rotatable bonds is 2. The number of anilines is 1. The Balaban J connectivity index is 0.000000671. The van der Waals surface area contributed by atoms with Gasteiger partial charge in [0, 0.05) is 17.5 Å². The largest absolute Gasteiger partial charge is 0.398 e. The molecule has 1 aromatic carbocycles. The fourth-order valence-corrected chi connectivity index (χ4v) is 0.969. The highest BCUT2D eigenvalue weighted by molar-refractivity contribution is 5.85. The topological polar surface area (TPSA) is 49.9 Å². The van der Waals surface area contributed by atoms with Gasteiger partial charge in [-0.15, -0.1) is 0 Å². The Labute approximate surface area is 80.3 Å². The Morgan fingerprint density at radius 1 is 1.38 bits per heavy atom. The molecular weight excluding hydrogens is 160 g/mol. The van der Waals surface area contributed by atoms with Crippen LogP contribution in [0.1, 0.15) is 31.9 Å². The highest BCUT2D eigenvalue weighted by Gasteiger charge is 1.95. The van der Waals surface area contributed by atoms with Crippen LogP contribution in [-0.2, 0) is 6.42 Å². The second kappa shape index (κ2) is 6.23. The Morgan fingerprint density at radius 3 is 2.46 bits per heavy atom. The quantitative estimate of drug-likeness (QED) is 0.531.